The highest BCUT2D eigenvalue weighted by atomic mass is 35.5. The minimum absolute atomic E-state index is 0.113. The van der Waals surface area contributed by atoms with Crippen molar-refractivity contribution in [3.05, 3.63) is 116 Å². The van der Waals surface area contributed by atoms with Crippen LogP contribution in [0.15, 0.2) is 82.0 Å². The zero-order valence-electron chi connectivity index (χ0n) is 19.1. The number of benzene rings is 3. The van der Waals surface area contributed by atoms with Gasteiger partial charge in [-0.15, -0.1) is 0 Å². The monoisotopic (exact) mass is 474 g/mol. The van der Waals surface area contributed by atoms with Gasteiger partial charge < -0.3 is 15.1 Å². The maximum Gasteiger partial charge on any atom is 0.254 e. The summed E-state index contributed by atoms with van der Waals surface area (Å²) in [7, 11) is 0. The summed E-state index contributed by atoms with van der Waals surface area (Å²) in [5, 5.41) is 0.950. The Bertz CT molecular complexity index is 1350. The third kappa shape index (κ3) is 5.38. The normalized spacial score (nSPS) is 11.0. The number of nitrogens with zero attached hydrogens (tertiary/aromatic N) is 1. The van der Waals surface area contributed by atoms with Gasteiger partial charge in [0.15, 0.2) is 5.43 Å². The van der Waals surface area contributed by atoms with Crippen molar-refractivity contribution in [1.82, 2.24) is 4.90 Å². The van der Waals surface area contributed by atoms with Crippen molar-refractivity contribution in [2.24, 2.45) is 5.73 Å². The summed E-state index contributed by atoms with van der Waals surface area (Å²) in [5.41, 5.74) is 9.23. The number of rotatable bonds is 8. The number of carbonyl (C=O) groups excluding carboxylic acids is 1. The van der Waals surface area contributed by atoms with E-state index in [0.29, 0.717) is 58.8 Å². The van der Waals surface area contributed by atoms with Crippen LogP contribution >= 0.6 is 11.6 Å². The van der Waals surface area contributed by atoms with Gasteiger partial charge in [-0.25, -0.2) is 0 Å². The number of hydrogen-bond donors (Lipinski definition) is 1. The quantitative estimate of drug-likeness (QED) is 0.374. The number of hydrogen-bond acceptors (Lipinski definition) is 4. The third-order valence-corrected chi connectivity index (χ3v) is 6.04. The zero-order chi connectivity index (χ0) is 24.1. The molecule has 1 heterocycles. The van der Waals surface area contributed by atoms with Gasteiger partial charge in [-0.1, -0.05) is 59.6 Å². The Hall–Kier alpha value is -3.41. The van der Waals surface area contributed by atoms with E-state index in [1.54, 1.807) is 23.1 Å². The van der Waals surface area contributed by atoms with Crippen molar-refractivity contribution >= 4 is 28.5 Å². The molecular weight excluding hydrogens is 448 g/mol. The largest absolute Gasteiger partial charge is 0.459 e. The van der Waals surface area contributed by atoms with Gasteiger partial charge in [-0.05, 0) is 49.7 Å². The molecule has 4 aromatic rings. The Morgan fingerprint density at radius 3 is 2.47 bits per heavy atom. The molecule has 0 atom stereocenters. The average Bonchev–Trinajstić information content (AvgIpc) is 2.84. The summed E-state index contributed by atoms with van der Waals surface area (Å²) >= 11 is 6.17. The number of aryl methyl sites for hydroxylation is 1. The van der Waals surface area contributed by atoms with Gasteiger partial charge in [-0.2, -0.15) is 0 Å². The maximum atomic E-state index is 13.5. The predicted molar refractivity (Wildman–Crippen MR) is 136 cm³/mol. The van der Waals surface area contributed by atoms with Gasteiger partial charge >= 0.3 is 0 Å². The molecule has 174 valence electrons. The topological polar surface area (TPSA) is 76.5 Å². The molecule has 0 fully saturated rings. The molecule has 4 rings (SSSR count). The van der Waals surface area contributed by atoms with Crippen LogP contribution in [0.5, 0.6) is 0 Å². The first-order chi connectivity index (χ1) is 16.5. The van der Waals surface area contributed by atoms with Crippen molar-refractivity contribution in [2.45, 2.75) is 26.3 Å². The maximum absolute atomic E-state index is 13.5. The number of carbonyl (C=O) groups is 1. The Morgan fingerprint density at radius 1 is 1.03 bits per heavy atom. The molecule has 6 heteroatoms. The molecule has 2 N–H and O–H groups in total. The fraction of sp³-hybridized carbons (Fsp3) is 0.214. The Morgan fingerprint density at radius 2 is 1.76 bits per heavy atom. The summed E-state index contributed by atoms with van der Waals surface area (Å²) in [6, 6.07) is 22.2. The number of fused-ring (bicyclic) bond motifs is 1. The molecule has 0 aliphatic heterocycles. The molecule has 0 saturated heterocycles. The molecule has 34 heavy (non-hydrogen) atoms. The summed E-state index contributed by atoms with van der Waals surface area (Å²) < 4.78 is 6.23. The Kier molecular flexibility index (Phi) is 7.46. The predicted octanol–water partition coefficient (Wildman–Crippen LogP) is 5.34. The van der Waals surface area contributed by atoms with Crippen LogP contribution in [0.3, 0.4) is 0 Å². The molecule has 1 aromatic heterocycles. The second-order valence-corrected chi connectivity index (χ2v) is 8.81. The number of amides is 1. The second kappa shape index (κ2) is 10.7. The lowest BCUT2D eigenvalue weighted by Crippen LogP contribution is -2.33. The van der Waals surface area contributed by atoms with Gasteiger partial charge in [0.2, 0.25) is 0 Å². The van der Waals surface area contributed by atoms with E-state index in [1.165, 1.54) is 0 Å². The average molecular weight is 475 g/mol. The van der Waals surface area contributed by atoms with Crippen LogP contribution in [0.2, 0.25) is 5.02 Å². The van der Waals surface area contributed by atoms with E-state index < -0.39 is 0 Å². The van der Waals surface area contributed by atoms with E-state index in [0.717, 1.165) is 11.1 Å². The van der Waals surface area contributed by atoms with Crippen molar-refractivity contribution in [3.63, 3.8) is 0 Å². The van der Waals surface area contributed by atoms with Crippen LogP contribution < -0.4 is 11.2 Å². The molecule has 0 bridgehead atoms. The van der Waals surface area contributed by atoms with Crippen LogP contribution in [0.1, 0.15) is 39.2 Å². The molecule has 0 unspecified atom stereocenters. The van der Waals surface area contributed by atoms with Crippen molar-refractivity contribution in [2.75, 3.05) is 13.1 Å². The van der Waals surface area contributed by atoms with E-state index in [4.69, 9.17) is 21.8 Å². The van der Waals surface area contributed by atoms with Crippen LogP contribution in [0.25, 0.3) is 11.0 Å². The highest BCUT2D eigenvalue weighted by molar-refractivity contribution is 6.31. The summed E-state index contributed by atoms with van der Waals surface area (Å²) in [5.74, 6) is 0.328. The van der Waals surface area contributed by atoms with Gasteiger partial charge in [-0.3, -0.25) is 9.59 Å². The number of nitrogens with two attached hydrogens (primary N) is 1. The van der Waals surface area contributed by atoms with Crippen molar-refractivity contribution in [1.29, 1.82) is 0 Å². The lowest BCUT2D eigenvalue weighted by Gasteiger charge is -2.23. The first-order valence-corrected chi connectivity index (χ1v) is 11.7. The molecule has 0 aliphatic carbocycles. The number of halogens is 1. The molecule has 0 saturated carbocycles. The first kappa shape index (κ1) is 23.7. The molecule has 0 radical (unpaired) electrons. The Balaban J connectivity index is 1.79. The minimum atomic E-state index is -0.132. The second-order valence-electron chi connectivity index (χ2n) is 8.37. The molecule has 0 aliphatic rings. The van der Waals surface area contributed by atoms with Crippen LogP contribution in [0, 0.1) is 6.92 Å². The standard InChI is InChI=1S/C28H27ClN2O3/c1-19-8-10-21(11-9-19)28(33)31(15-5-14-30)18-26-24(16-20-6-3-2-4-7-20)27(32)23-13-12-22(29)17-25(23)34-26/h2-4,6-13,17H,5,14-16,18,30H2,1H3. The molecular formula is C28H27ClN2O3. The molecule has 5 nitrogen and oxygen atoms in total. The Labute approximate surface area is 203 Å². The van der Waals surface area contributed by atoms with E-state index >= 15 is 0 Å². The van der Waals surface area contributed by atoms with Gasteiger partial charge in [0, 0.05) is 35.2 Å². The fourth-order valence-corrected chi connectivity index (χ4v) is 4.11. The summed E-state index contributed by atoms with van der Waals surface area (Å²) in [4.78, 5) is 28.6. The highest BCUT2D eigenvalue weighted by Gasteiger charge is 2.22. The van der Waals surface area contributed by atoms with Crippen LogP contribution in [0.4, 0.5) is 0 Å². The highest BCUT2D eigenvalue weighted by Crippen LogP contribution is 2.23. The van der Waals surface area contributed by atoms with Gasteiger partial charge in [0.1, 0.15) is 11.3 Å². The minimum Gasteiger partial charge on any atom is -0.459 e. The molecule has 0 spiro atoms. The van der Waals surface area contributed by atoms with Crippen molar-refractivity contribution in [3.8, 4) is 0 Å². The van der Waals surface area contributed by atoms with Crippen LogP contribution in [-0.2, 0) is 13.0 Å². The lowest BCUT2D eigenvalue weighted by atomic mass is 10.0. The van der Waals surface area contributed by atoms with Crippen molar-refractivity contribution < 1.29 is 9.21 Å². The third-order valence-electron chi connectivity index (χ3n) is 5.81. The van der Waals surface area contributed by atoms with E-state index in [1.807, 2.05) is 61.5 Å². The lowest BCUT2D eigenvalue weighted by molar-refractivity contribution is 0.0730. The van der Waals surface area contributed by atoms with Gasteiger partial charge in [0.05, 0.1) is 11.9 Å². The fourth-order valence-electron chi connectivity index (χ4n) is 3.94. The van der Waals surface area contributed by atoms with Crippen LogP contribution in [-0.4, -0.2) is 23.9 Å². The molecule has 3 aromatic carbocycles. The summed E-state index contributed by atoms with van der Waals surface area (Å²) in [6.45, 7) is 3.04. The smallest absolute Gasteiger partial charge is 0.254 e. The first-order valence-electron chi connectivity index (χ1n) is 11.3. The van der Waals surface area contributed by atoms with E-state index in [2.05, 4.69) is 0 Å². The van der Waals surface area contributed by atoms with E-state index in [9.17, 15) is 9.59 Å². The molecule has 1 amide bonds. The van der Waals surface area contributed by atoms with E-state index in [-0.39, 0.29) is 17.9 Å². The zero-order valence-corrected chi connectivity index (χ0v) is 19.8. The van der Waals surface area contributed by atoms with Gasteiger partial charge in [0.25, 0.3) is 5.91 Å². The SMILES string of the molecule is Cc1ccc(C(=O)N(CCCN)Cc2oc3cc(Cl)ccc3c(=O)c2Cc2ccccc2)cc1. The summed E-state index contributed by atoms with van der Waals surface area (Å²) in [6.07, 6.45) is 1.04.